The van der Waals surface area contributed by atoms with Crippen LogP contribution in [0.5, 0.6) is 5.88 Å². The monoisotopic (exact) mass is 469 g/mol. The third-order valence-corrected chi connectivity index (χ3v) is 4.86. The number of nitrogens with one attached hydrogen (secondary N) is 1. The summed E-state index contributed by atoms with van der Waals surface area (Å²) in [6.07, 6.45) is -2.22. The lowest BCUT2D eigenvalue weighted by Gasteiger charge is -2.09. The zero-order valence-corrected chi connectivity index (χ0v) is 17.4. The molecule has 0 atom stereocenters. The van der Waals surface area contributed by atoms with E-state index in [4.69, 9.17) is 9.26 Å². The summed E-state index contributed by atoms with van der Waals surface area (Å²) in [4.78, 5) is 8.16. The molecular weight excluding hydrogens is 455 g/mol. The Balaban J connectivity index is 1.36. The Hall–Kier alpha value is -4.62. The van der Waals surface area contributed by atoms with Gasteiger partial charge in [0.2, 0.25) is 17.5 Å². The van der Waals surface area contributed by atoms with Crippen molar-refractivity contribution < 1.29 is 22.4 Å². The minimum atomic E-state index is -4.47. The fourth-order valence-corrected chi connectivity index (χ4v) is 3.12. The number of ether oxygens (including phenoxy) is 1. The smallest absolute Gasteiger partial charge is 0.417 e. The minimum Gasteiger partial charge on any atom is -0.471 e. The topological polar surface area (TPSA) is 133 Å². The Bertz CT molecular complexity index is 1410. The number of halogens is 3. The van der Waals surface area contributed by atoms with Crippen LogP contribution >= 0.6 is 0 Å². The lowest BCUT2D eigenvalue weighted by Crippen LogP contribution is -2.07. The number of pyridine rings is 1. The van der Waals surface area contributed by atoms with Crippen molar-refractivity contribution in [2.45, 2.75) is 12.8 Å². The highest BCUT2D eigenvalue weighted by Gasteiger charge is 2.30. The first kappa shape index (κ1) is 21.2. The molecule has 0 aliphatic heterocycles. The lowest BCUT2D eigenvalue weighted by atomic mass is 10.1. The molecule has 11 nitrogen and oxygen atoms in total. The van der Waals surface area contributed by atoms with Crippen LogP contribution in [0.1, 0.15) is 11.3 Å². The average molecular weight is 469 g/mol. The maximum atomic E-state index is 12.7. The standard InChI is InChI=1S/C20H14F3N9O2/c1-32-15(10-33-16-6-5-13(8-24-16)20(21,22)23)14(9-25-32)19-26-17(29-34-19)11-3-2-4-12(7-11)18-27-30-31-28-18/h2-9H,10H2,1H3,(H,27,28,30,31). The SMILES string of the molecule is Cn1ncc(-c2nc(-c3cccc(-c4nn[nH]n4)c3)no2)c1COc1ccc(C(F)(F)F)cn1. The first-order valence-corrected chi connectivity index (χ1v) is 9.74. The number of tetrazole rings is 1. The van der Waals surface area contributed by atoms with Crippen LogP contribution in [0, 0.1) is 0 Å². The number of benzene rings is 1. The number of alkyl halides is 3. The summed E-state index contributed by atoms with van der Waals surface area (Å²) >= 11 is 0. The predicted octanol–water partition coefficient (Wildman–Crippen LogP) is 3.31. The van der Waals surface area contributed by atoms with Gasteiger partial charge in [0, 0.05) is 30.4 Å². The fraction of sp³-hybridized carbons (Fsp3) is 0.150. The van der Waals surface area contributed by atoms with E-state index >= 15 is 0 Å². The molecule has 0 spiro atoms. The van der Waals surface area contributed by atoms with Crippen molar-refractivity contribution in [3.63, 3.8) is 0 Å². The molecule has 0 radical (unpaired) electrons. The number of aromatic nitrogens is 9. The van der Waals surface area contributed by atoms with Crippen LogP contribution < -0.4 is 4.74 Å². The molecule has 0 bridgehead atoms. The van der Waals surface area contributed by atoms with E-state index in [9.17, 15) is 13.2 Å². The van der Waals surface area contributed by atoms with Crippen LogP contribution in [0.3, 0.4) is 0 Å². The van der Waals surface area contributed by atoms with E-state index in [0.29, 0.717) is 34.7 Å². The number of hydrogen-bond acceptors (Lipinski definition) is 9. The van der Waals surface area contributed by atoms with E-state index in [2.05, 4.69) is 40.8 Å². The van der Waals surface area contributed by atoms with Crippen LogP contribution in [-0.2, 0) is 19.8 Å². The molecular formula is C20H14F3N9O2. The van der Waals surface area contributed by atoms with E-state index in [1.54, 1.807) is 23.9 Å². The molecule has 0 aliphatic carbocycles. The van der Waals surface area contributed by atoms with E-state index in [-0.39, 0.29) is 18.4 Å². The summed E-state index contributed by atoms with van der Waals surface area (Å²) in [7, 11) is 1.69. The van der Waals surface area contributed by atoms with E-state index in [1.807, 2.05) is 12.1 Å². The van der Waals surface area contributed by atoms with Crippen molar-refractivity contribution in [3.8, 4) is 40.1 Å². The van der Waals surface area contributed by atoms with Crippen LogP contribution in [0.15, 0.2) is 53.3 Å². The van der Waals surface area contributed by atoms with Crippen molar-refractivity contribution >= 4 is 0 Å². The Morgan fingerprint density at radius 3 is 2.62 bits per heavy atom. The van der Waals surface area contributed by atoms with Crippen molar-refractivity contribution in [3.05, 3.63) is 60.0 Å². The molecule has 0 saturated heterocycles. The maximum absolute atomic E-state index is 12.7. The van der Waals surface area contributed by atoms with Crippen LogP contribution in [0.4, 0.5) is 13.2 Å². The Morgan fingerprint density at radius 1 is 1.09 bits per heavy atom. The molecule has 0 unspecified atom stereocenters. The lowest BCUT2D eigenvalue weighted by molar-refractivity contribution is -0.137. The summed E-state index contributed by atoms with van der Waals surface area (Å²) in [5.41, 5.74) is 1.62. The van der Waals surface area contributed by atoms with Crippen LogP contribution in [-0.4, -0.2) is 45.5 Å². The number of rotatable bonds is 6. The van der Waals surface area contributed by atoms with E-state index in [1.165, 1.54) is 6.20 Å². The fourth-order valence-electron chi connectivity index (χ4n) is 3.12. The van der Waals surface area contributed by atoms with Gasteiger partial charge < -0.3 is 9.26 Å². The number of H-pyrrole nitrogens is 1. The van der Waals surface area contributed by atoms with Crippen LogP contribution in [0.25, 0.3) is 34.2 Å². The normalized spacial score (nSPS) is 11.6. The summed E-state index contributed by atoms with van der Waals surface area (Å²) in [6, 6.07) is 9.28. The zero-order valence-electron chi connectivity index (χ0n) is 17.4. The Morgan fingerprint density at radius 2 is 1.91 bits per heavy atom. The molecule has 0 amide bonds. The highest BCUT2D eigenvalue weighted by molar-refractivity contribution is 5.67. The van der Waals surface area contributed by atoms with Crippen molar-refractivity contribution in [2.75, 3.05) is 0 Å². The van der Waals surface area contributed by atoms with Gasteiger partial charge in [-0.15, -0.1) is 10.2 Å². The van der Waals surface area contributed by atoms with Gasteiger partial charge in [0.1, 0.15) is 6.61 Å². The number of hydrogen-bond donors (Lipinski definition) is 1. The first-order valence-electron chi connectivity index (χ1n) is 9.74. The highest BCUT2D eigenvalue weighted by Crippen LogP contribution is 2.30. The predicted molar refractivity (Wildman–Crippen MR) is 109 cm³/mol. The summed E-state index contributed by atoms with van der Waals surface area (Å²) in [5, 5.41) is 22.1. The molecule has 172 valence electrons. The third kappa shape index (κ3) is 4.20. The Labute approximate surface area is 188 Å². The number of aryl methyl sites for hydroxylation is 1. The summed E-state index contributed by atoms with van der Waals surface area (Å²) in [5.74, 6) is 0.992. The quantitative estimate of drug-likeness (QED) is 0.397. The molecule has 1 aromatic carbocycles. The second-order valence-corrected chi connectivity index (χ2v) is 7.04. The van der Waals surface area contributed by atoms with Crippen molar-refractivity contribution in [1.29, 1.82) is 0 Å². The van der Waals surface area contributed by atoms with Gasteiger partial charge in [0.25, 0.3) is 5.89 Å². The van der Waals surface area contributed by atoms with E-state index in [0.717, 1.165) is 17.7 Å². The van der Waals surface area contributed by atoms with Gasteiger partial charge >= 0.3 is 6.18 Å². The van der Waals surface area contributed by atoms with Gasteiger partial charge in [-0.3, -0.25) is 4.68 Å². The Kier molecular flexibility index (Phi) is 5.24. The van der Waals surface area contributed by atoms with Crippen molar-refractivity contribution in [2.24, 2.45) is 7.05 Å². The molecule has 5 aromatic rings. The molecule has 14 heteroatoms. The number of nitrogens with zero attached hydrogens (tertiary/aromatic N) is 8. The van der Waals surface area contributed by atoms with Gasteiger partial charge in [-0.1, -0.05) is 23.4 Å². The average Bonchev–Trinajstić information content (AvgIpc) is 3.59. The molecule has 0 aliphatic rings. The summed E-state index contributed by atoms with van der Waals surface area (Å²) < 4.78 is 50.7. The molecule has 1 N–H and O–H groups in total. The van der Waals surface area contributed by atoms with E-state index < -0.39 is 11.7 Å². The second-order valence-electron chi connectivity index (χ2n) is 7.04. The van der Waals surface area contributed by atoms with Crippen LogP contribution in [0.2, 0.25) is 0 Å². The molecule has 34 heavy (non-hydrogen) atoms. The van der Waals surface area contributed by atoms with Gasteiger partial charge in [0.15, 0.2) is 0 Å². The third-order valence-electron chi connectivity index (χ3n) is 4.86. The largest absolute Gasteiger partial charge is 0.471 e. The van der Waals surface area contributed by atoms with Crippen molar-refractivity contribution in [1.82, 2.24) is 45.5 Å². The summed E-state index contributed by atoms with van der Waals surface area (Å²) in [6.45, 7) is -0.0325. The minimum absolute atomic E-state index is 0.0321. The molecule has 4 aromatic heterocycles. The zero-order chi connectivity index (χ0) is 23.7. The van der Waals surface area contributed by atoms with Gasteiger partial charge in [-0.05, 0) is 17.3 Å². The maximum Gasteiger partial charge on any atom is 0.417 e. The van der Waals surface area contributed by atoms with Gasteiger partial charge in [-0.25, -0.2) is 4.98 Å². The second kappa shape index (κ2) is 8.38. The highest BCUT2D eigenvalue weighted by atomic mass is 19.4. The van der Waals surface area contributed by atoms with Gasteiger partial charge in [-0.2, -0.15) is 28.5 Å². The molecule has 0 fully saturated rings. The van der Waals surface area contributed by atoms with Gasteiger partial charge in [0.05, 0.1) is 23.0 Å². The molecule has 5 rings (SSSR count). The first-order chi connectivity index (χ1) is 16.4. The molecule has 4 heterocycles. The molecule has 0 saturated carbocycles. The number of aromatic amines is 1.